The second-order valence-corrected chi connectivity index (χ2v) is 9.47. The predicted molar refractivity (Wildman–Crippen MR) is 124 cm³/mol. The lowest BCUT2D eigenvalue weighted by atomic mass is 9.97. The van der Waals surface area contributed by atoms with Crippen molar-refractivity contribution in [2.45, 2.75) is 57.3 Å². The van der Waals surface area contributed by atoms with E-state index in [-0.39, 0.29) is 24.3 Å². The number of aromatic nitrogens is 2. The van der Waals surface area contributed by atoms with Gasteiger partial charge >= 0.3 is 0 Å². The van der Waals surface area contributed by atoms with Crippen molar-refractivity contribution in [3.05, 3.63) is 35.5 Å². The van der Waals surface area contributed by atoms with Crippen molar-refractivity contribution < 1.29 is 23.6 Å². The summed E-state index contributed by atoms with van der Waals surface area (Å²) in [5, 5.41) is 4.23. The van der Waals surface area contributed by atoms with E-state index in [9.17, 15) is 9.59 Å². The van der Waals surface area contributed by atoms with Gasteiger partial charge in [-0.2, -0.15) is 4.98 Å². The van der Waals surface area contributed by atoms with Crippen molar-refractivity contribution in [3.8, 4) is 5.75 Å². The quantitative estimate of drug-likeness (QED) is 0.642. The number of aryl methyl sites for hydroxylation is 1. The van der Waals surface area contributed by atoms with Gasteiger partial charge < -0.3 is 23.8 Å². The van der Waals surface area contributed by atoms with Crippen LogP contribution in [-0.4, -0.2) is 66.3 Å². The zero-order chi connectivity index (χ0) is 23.5. The number of hydrogen-bond donors (Lipinski definition) is 0. The van der Waals surface area contributed by atoms with E-state index in [0.717, 1.165) is 68.3 Å². The van der Waals surface area contributed by atoms with Crippen molar-refractivity contribution >= 4 is 17.5 Å². The largest absolute Gasteiger partial charge is 0.482 e. The van der Waals surface area contributed by atoms with E-state index >= 15 is 0 Å². The Balaban J connectivity index is 1.15. The highest BCUT2D eigenvalue weighted by atomic mass is 16.5. The highest BCUT2D eigenvalue weighted by Crippen LogP contribution is 2.33. The summed E-state index contributed by atoms with van der Waals surface area (Å²) in [6, 6.07) is 5.83. The maximum absolute atomic E-state index is 13.0. The molecule has 5 rings (SSSR count). The number of likely N-dealkylation sites (tertiary alicyclic amines) is 1. The van der Waals surface area contributed by atoms with E-state index in [1.54, 1.807) is 4.90 Å². The molecule has 2 aromatic rings. The molecule has 4 heterocycles. The Hall–Kier alpha value is -2.94. The Morgan fingerprint density at radius 1 is 1.18 bits per heavy atom. The van der Waals surface area contributed by atoms with Gasteiger partial charge in [0.05, 0.1) is 11.6 Å². The molecule has 3 aliphatic heterocycles. The number of hydrogen-bond acceptors (Lipinski definition) is 7. The molecule has 0 radical (unpaired) electrons. The number of ether oxygens (including phenoxy) is 2. The number of carbonyl (C=O) groups is 2. The lowest BCUT2D eigenvalue weighted by Gasteiger charge is -2.32. The van der Waals surface area contributed by atoms with Gasteiger partial charge in [-0.25, -0.2) is 0 Å². The summed E-state index contributed by atoms with van der Waals surface area (Å²) in [7, 11) is 0. The Morgan fingerprint density at radius 2 is 2.03 bits per heavy atom. The van der Waals surface area contributed by atoms with E-state index in [4.69, 9.17) is 14.0 Å². The van der Waals surface area contributed by atoms with Crippen LogP contribution in [0.5, 0.6) is 5.75 Å². The predicted octanol–water partition coefficient (Wildman–Crippen LogP) is 3.18. The van der Waals surface area contributed by atoms with Gasteiger partial charge in [-0.1, -0.05) is 11.2 Å². The molecule has 2 amide bonds. The topological polar surface area (TPSA) is 98.0 Å². The van der Waals surface area contributed by atoms with E-state index in [0.29, 0.717) is 37.7 Å². The summed E-state index contributed by atoms with van der Waals surface area (Å²) in [5.74, 6) is 2.55. The molecule has 0 saturated carbocycles. The number of fused-ring (bicyclic) bond motifs is 1. The molecule has 0 bridgehead atoms. The van der Waals surface area contributed by atoms with Crippen LogP contribution in [0.4, 0.5) is 5.69 Å². The van der Waals surface area contributed by atoms with Crippen molar-refractivity contribution in [2.24, 2.45) is 0 Å². The van der Waals surface area contributed by atoms with Gasteiger partial charge in [-0.3, -0.25) is 9.59 Å². The van der Waals surface area contributed by atoms with Crippen LogP contribution in [0.15, 0.2) is 22.7 Å². The fraction of sp³-hybridized carbons (Fsp3) is 0.600. The Kier molecular flexibility index (Phi) is 6.80. The van der Waals surface area contributed by atoms with E-state index in [2.05, 4.69) is 10.1 Å². The minimum absolute atomic E-state index is 0.0395. The average Bonchev–Trinajstić information content (AvgIpc) is 3.36. The maximum atomic E-state index is 13.0. The Morgan fingerprint density at radius 3 is 2.88 bits per heavy atom. The molecular weight excluding hydrogens is 436 g/mol. The summed E-state index contributed by atoms with van der Waals surface area (Å²) < 4.78 is 16.6. The third kappa shape index (κ3) is 4.94. The van der Waals surface area contributed by atoms with Gasteiger partial charge in [0.25, 0.3) is 5.91 Å². The molecule has 3 aliphatic rings. The minimum Gasteiger partial charge on any atom is -0.482 e. The number of rotatable bonds is 6. The van der Waals surface area contributed by atoms with Crippen LogP contribution < -0.4 is 9.64 Å². The van der Waals surface area contributed by atoms with Gasteiger partial charge in [-0.05, 0) is 56.7 Å². The van der Waals surface area contributed by atoms with Crippen LogP contribution >= 0.6 is 0 Å². The van der Waals surface area contributed by atoms with Crippen LogP contribution in [0.25, 0.3) is 0 Å². The summed E-state index contributed by atoms with van der Waals surface area (Å²) >= 11 is 0. The van der Waals surface area contributed by atoms with Gasteiger partial charge in [0.2, 0.25) is 11.8 Å². The molecule has 2 saturated heterocycles. The first kappa shape index (κ1) is 22.8. The molecular formula is C25H32N4O5. The van der Waals surface area contributed by atoms with Gasteiger partial charge in [0, 0.05) is 45.2 Å². The number of carbonyl (C=O) groups excluding carboxylic acids is 2. The maximum Gasteiger partial charge on any atom is 0.265 e. The van der Waals surface area contributed by atoms with Crippen molar-refractivity contribution in [3.63, 3.8) is 0 Å². The number of benzene rings is 1. The summed E-state index contributed by atoms with van der Waals surface area (Å²) in [4.78, 5) is 33.7. The summed E-state index contributed by atoms with van der Waals surface area (Å²) in [6.07, 6.45) is 4.70. The normalized spacial score (nSPS) is 21.3. The fourth-order valence-electron chi connectivity index (χ4n) is 5.04. The Labute approximate surface area is 199 Å². The SMILES string of the molecule is Cc1ccc2c(c1)N(CCCC(=O)N1CCCC(c3nc(C4CCOCC4)no3)C1)C(=O)CO2. The molecule has 34 heavy (non-hydrogen) atoms. The first-order valence-corrected chi connectivity index (χ1v) is 12.3. The molecule has 0 spiro atoms. The number of nitrogens with zero attached hydrogens (tertiary/aromatic N) is 4. The standard InChI is InChI=1S/C25H32N4O5/c1-17-6-7-21-20(14-17)29(23(31)16-33-21)11-3-5-22(30)28-10-2-4-19(15-28)25-26-24(27-34-25)18-8-12-32-13-9-18/h6-7,14,18-19H,2-5,8-13,15-16H2,1H3. The lowest BCUT2D eigenvalue weighted by molar-refractivity contribution is -0.132. The third-order valence-electron chi connectivity index (χ3n) is 7.00. The number of amides is 2. The fourth-order valence-corrected chi connectivity index (χ4v) is 5.04. The second-order valence-electron chi connectivity index (χ2n) is 9.47. The van der Waals surface area contributed by atoms with Crippen molar-refractivity contribution in [2.75, 3.05) is 44.4 Å². The molecule has 9 nitrogen and oxygen atoms in total. The van der Waals surface area contributed by atoms with Crippen molar-refractivity contribution in [1.29, 1.82) is 0 Å². The lowest BCUT2D eigenvalue weighted by Crippen LogP contribution is -2.41. The van der Waals surface area contributed by atoms with Crippen LogP contribution in [0.3, 0.4) is 0 Å². The monoisotopic (exact) mass is 468 g/mol. The molecule has 9 heteroatoms. The molecule has 1 unspecified atom stereocenters. The molecule has 1 aromatic heterocycles. The molecule has 1 atom stereocenters. The van der Waals surface area contributed by atoms with Crippen LogP contribution in [0, 0.1) is 6.92 Å². The van der Waals surface area contributed by atoms with Gasteiger partial charge in [-0.15, -0.1) is 0 Å². The highest BCUT2D eigenvalue weighted by molar-refractivity contribution is 5.98. The number of piperidine rings is 1. The second kappa shape index (κ2) is 10.1. The minimum atomic E-state index is -0.0692. The number of anilines is 1. The van der Waals surface area contributed by atoms with Crippen LogP contribution in [0.1, 0.15) is 67.6 Å². The third-order valence-corrected chi connectivity index (χ3v) is 7.00. The van der Waals surface area contributed by atoms with E-state index < -0.39 is 0 Å². The van der Waals surface area contributed by atoms with E-state index in [1.807, 2.05) is 30.0 Å². The van der Waals surface area contributed by atoms with Crippen LogP contribution in [-0.2, 0) is 14.3 Å². The summed E-state index contributed by atoms with van der Waals surface area (Å²) in [5.41, 5.74) is 1.86. The molecule has 1 aromatic carbocycles. The summed E-state index contributed by atoms with van der Waals surface area (Å²) in [6.45, 7) is 5.35. The zero-order valence-electron chi connectivity index (χ0n) is 19.7. The first-order valence-electron chi connectivity index (χ1n) is 12.3. The Bertz CT molecular complexity index is 1030. The molecule has 2 fully saturated rings. The molecule has 0 N–H and O–H groups in total. The van der Waals surface area contributed by atoms with Crippen LogP contribution in [0.2, 0.25) is 0 Å². The van der Waals surface area contributed by atoms with E-state index in [1.165, 1.54) is 0 Å². The molecule has 0 aliphatic carbocycles. The first-order chi connectivity index (χ1) is 16.6. The zero-order valence-corrected chi connectivity index (χ0v) is 19.7. The van der Waals surface area contributed by atoms with Crippen molar-refractivity contribution in [1.82, 2.24) is 15.0 Å². The highest BCUT2D eigenvalue weighted by Gasteiger charge is 2.31. The average molecular weight is 469 g/mol. The van der Waals surface area contributed by atoms with Gasteiger partial charge in [0.1, 0.15) is 5.75 Å². The smallest absolute Gasteiger partial charge is 0.265 e. The van der Waals surface area contributed by atoms with Gasteiger partial charge in [0.15, 0.2) is 12.4 Å². The molecule has 182 valence electrons.